The van der Waals surface area contributed by atoms with Gasteiger partial charge in [-0.1, -0.05) is 0 Å². The molecule has 2 aromatic rings. The zero-order valence-electron chi connectivity index (χ0n) is 12.1. The van der Waals surface area contributed by atoms with Crippen molar-refractivity contribution in [1.82, 2.24) is 19.5 Å². The van der Waals surface area contributed by atoms with Crippen LogP contribution < -0.4 is 10.5 Å². The minimum Gasteiger partial charge on any atom is -0.467 e. The molecule has 1 fully saturated rings. The Morgan fingerprint density at radius 2 is 2.18 bits per heavy atom. The smallest absolute Gasteiger partial charge is 0.320 e. The predicted octanol–water partition coefficient (Wildman–Crippen LogP) is -1.32. The second kappa shape index (κ2) is 5.65. The van der Waals surface area contributed by atoms with Crippen LogP contribution in [0.4, 0.5) is 5.82 Å². The van der Waals surface area contributed by atoms with Gasteiger partial charge in [0.05, 0.1) is 20.0 Å². The Bertz CT molecular complexity index is 677. The molecule has 0 aliphatic carbocycles. The van der Waals surface area contributed by atoms with Crippen molar-refractivity contribution in [3.63, 3.8) is 0 Å². The summed E-state index contributed by atoms with van der Waals surface area (Å²) in [5.74, 6) is 0.173. The molecular weight excluding hydrogens is 294 g/mol. The number of rotatable bonds is 4. The van der Waals surface area contributed by atoms with Crippen molar-refractivity contribution >= 4 is 17.0 Å². The van der Waals surface area contributed by atoms with Crippen LogP contribution in [-0.4, -0.2) is 68.9 Å². The summed E-state index contributed by atoms with van der Waals surface area (Å²) in [5.41, 5.74) is 6.61. The summed E-state index contributed by atoms with van der Waals surface area (Å²) in [7, 11) is 2.88. The summed E-state index contributed by atoms with van der Waals surface area (Å²) in [6.45, 7) is -0.329. The monoisotopic (exact) mass is 311 g/mol. The van der Waals surface area contributed by atoms with Gasteiger partial charge >= 0.3 is 6.01 Å². The minimum atomic E-state index is -0.974. The Kier molecular flexibility index (Phi) is 3.83. The minimum absolute atomic E-state index is 0.0953. The Hall–Kier alpha value is -2.01. The van der Waals surface area contributed by atoms with Crippen LogP contribution in [0.1, 0.15) is 6.23 Å². The van der Waals surface area contributed by atoms with E-state index in [9.17, 15) is 10.2 Å². The number of aromatic nitrogens is 4. The van der Waals surface area contributed by atoms with Crippen LogP contribution in [0.15, 0.2) is 6.33 Å². The fourth-order valence-corrected chi connectivity index (χ4v) is 2.54. The third-order valence-corrected chi connectivity index (χ3v) is 3.65. The van der Waals surface area contributed by atoms with Crippen LogP contribution in [0.25, 0.3) is 11.2 Å². The molecule has 3 rings (SSSR count). The lowest BCUT2D eigenvalue weighted by Crippen LogP contribution is -2.34. The maximum Gasteiger partial charge on any atom is 0.320 e. The van der Waals surface area contributed by atoms with Gasteiger partial charge in [-0.3, -0.25) is 4.57 Å². The van der Waals surface area contributed by atoms with E-state index in [1.165, 1.54) is 20.5 Å². The van der Waals surface area contributed by atoms with E-state index in [4.69, 9.17) is 19.9 Å². The maximum atomic E-state index is 10.1. The van der Waals surface area contributed by atoms with E-state index in [1.54, 1.807) is 4.57 Å². The maximum absolute atomic E-state index is 10.1. The van der Waals surface area contributed by atoms with E-state index in [1.807, 2.05) is 0 Å². The summed E-state index contributed by atoms with van der Waals surface area (Å²) in [6.07, 6.45) is -1.65. The van der Waals surface area contributed by atoms with E-state index >= 15 is 0 Å². The summed E-state index contributed by atoms with van der Waals surface area (Å²) >= 11 is 0. The molecule has 4 atom stereocenters. The average Bonchev–Trinajstić information content (AvgIpc) is 3.07. The summed E-state index contributed by atoms with van der Waals surface area (Å²) < 4.78 is 17.5. The van der Waals surface area contributed by atoms with Crippen LogP contribution in [0.3, 0.4) is 0 Å². The lowest BCUT2D eigenvalue weighted by molar-refractivity contribution is -0.0583. The van der Waals surface area contributed by atoms with Crippen LogP contribution in [0.5, 0.6) is 6.01 Å². The molecule has 0 bridgehead atoms. The standard InChI is InChI=1S/C12H17N5O5/c1-20-8-7(19)5(3-18)22-11(8)17-4-14-6-9(13)15-12(21-2)16-10(6)17/h4-5,7-8,11,18-19H,3H2,1-2H3,(H2,13,15,16)/t5-,7-,8-,11+/m1/s1. The first kappa shape index (κ1) is 14.9. The van der Waals surface area contributed by atoms with Crippen molar-refractivity contribution in [2.45, 2.75) is 24.5 Å². The molecule has 4 N–H and O–H groups in total. The largest absolute Gasteiger partial charge is 0.467 e. The first-order valence-corrected chi connectivity index (χ1v) is 6.62. The second-order valence-corrected chi connectivity index (χ2v) is 4.86. The topological polar surface area (TPSA) is 138 Å². The number of hydrogen-bond acceptors (Lipinski definition) is 9. The quantitative estimate of drug-likeness (QED) is 0.627. The van der Waals surface area contributed by atoms with E-state index in [-0.39, 0.29) is 18.4 Å². The first-order valence-electron chi connectivity index (χ1n) is 6.62. The number of fused-ring (bicyclic) bond motifs is 1. The van der Waals surface area contributed by atoms with E-state index in [0.29, 0.717) is 11.2 Å². The van der Waals surface area contributed by atoms with Crippen LogP contribution in [0.2, 0.25) is 0 Å². The molecule has 0 unspecified atom stereocenters. The van der Waals surface area contributed by atoms with Gasteiger partial charge in [-0.2, -0.15) is 9.97 Å². The van der Waals surface area contributed by atoms with Gasteiger partial charge in [0.25, 0.3) is 0 Å². The molecule has 0 aromatic carbocycles. The lowest BCUT2D eigenvalue weighted by atomic mass is 10.1. The first-order chi connectivity index (χ1) is 10.6. The van der Waals surface area contributed by atoms with Gasteiger partial charge in [0.2, 0.25) is 0 Å². The van der Waals surface area contributed by atoms with Crippen molar-refractivity contribution in [2.24, 2.45) is 0 Å². The molecule has 0 spiro atoms. The van der Waals surface area contributed by atoms with Crippen molar-refractivity contribution < 1.29 is 24.4 Å². The van der Waals surface area contributed by atoms with Crippen LogP contribution >= 0.6 is 0 Å². The predicted molar refractivity (Wildman–Crippen MR) is 74.1 cm³/mol. The fraction of sp³-hybridized carbons (Fsp3) is 0.583. The number of ether oxygens (including phenoxy) is 3. The zero-order chi connectivity index (χ0) is 15.9. The number of nitrogens with two attached hydrogens (primary N) is 1. The Morgan fingerprint density at radius 1 is 1.41 bits per heavy atom. The number of aliphatic hydroxyl groups is 2. The molecule has 0 radical (unpaired) electrons. The van der Waals surface area contributed by atoms with E-state index in [0.717, 1.165) is 0 Å². The highest BCUT2D eigenvalue weighted by Gasteiger charge is 2.45. The SMILES string of the molecule is COc1nc(N)c2ncn([C@H]3O[C@H](CO)[C@@H](O)[C@H]3OC)c2n1. The highest BCUT2D eigenvalue weighted by Crippen LogP contribution is 2.33. The molecule has 1 aliphatic heterocycles. The highest BCUT2D eigenvalue weighted by molar-refractivity contribution is 5.82. The third-order valence-electron chi connectivity index (χ3n) is 3.65. The average molecular weight is 311 g/mol. The van der Waals surface area contributed by atoms with Gasteiger partial charge in [-0.05, 0) is 0 Å². The van der Waals surface area contributed by atoms with Crippen molar-refractivity contribution in [1.29, 1.82) is 0 Å². The number of methoxy groups -OCH3 is 2. The molecule has 22 heavy (non-hydrogen) atoms. The summed E-state index contributed by atoms with van der Waals surface area (Å²) in [5, 5.41) is 19.4. The Morgan fingerprint density at radius 3 is 2.82 bits per heavy atom. The third kappa shape index (κ3) is 2.16. The van der Waals surface area contributed by atoms with Gasteiger partial charge in [0, 0.05) is 7.11 Å². The fourth-order valence-electron chi connectivity index (χ4n) is 2.54. The molecule has 1 saturated heterocycles. The van der Waals surface area contributed by atoms with E-state index < -0.39 is 24.5 Å². The summed E-state index contributed by atoms with van der Waals surface area (Å²) in [6, 6.07) is 0.0953. The van der Waals surface area contributed by atoms with Crippen molar-refractivity contribution in [3.05, 3.63) is 6.33 Å². The van der Waals surface area contributed by atoms with Gasteiger partial charge < -0.3 is 30.2 Å². The van der Waals surface area contributed by atoms with Gasteiger partial charge in [0.15, 0.2) is 23.2 Å². The zero-order valence-corrected chi connectivity index (χ0v) is 12.1. The molecule has 10 nitrogen and oxygen atoms in total. The molecule has 3 heterocycles. The number of anilines is 1. The Balaban J connectivity index is 2.08. The van der Waals surface area contributed by atoms with Gasteiger partial charge in [-0.15, -0.1) is 0 Å². The van der Waals surface area contributed by atoms with Crippen molar-refractivity contribution in [3.8, 4) is 6.01 Å². The molecule has 0 amide bonds. The molecule has 10 heteroatoms. The van der Waals surface area contributed by atoms with Crippen molar-refractivity contribution in [2.75, 3.05) is 26.6 Å². The molecule has 1 aliphatic rings. The normalized spacial score (nSPS) is 28.4. The highest BCUT2D eigenvalue weighted by atomic mass is 16.6. The number of nitrogen functional groups attached to an aromatic ring is 1. The number of nitrogens with zero attached hydrogens (tertiary/aromatic N) is 4. The number of aliphatic hydroxyl groups excluding tert-OH is 2. The lowest BCUT2D eigenvalue weighted by Gasteiger charge is -2.20. The number of hydrogen-bond donors (Lipinski definition) is 3. The second-order valence-electron chi connectivity index (χ2n) is 4.86. The molecule has 0 saturated carbocycles. The van der Waals surface area contributed by atoms with Crippen LogP contribution in [0, 0.1) is 0 Å². The number of imidazole rings is 1. The van der Waals surface area contributed by atoms with Gasteiger partial charge in [0.1, 0.15) is 18.3 Å². The Labute approximate surface area is 125 Å². The van der Waals surface area contributed by atoms with Gasteiger partial charge in [-0.25, -0.2) is 4.98 Å². The molecule has 2 aromatic heterocycles. The molecule has 120 valence electrons. The van der Waals surface area contributed by atoms with Crippen LogP contribution in [-0.2, 0) is 9.47 Å². The van der Waals surface area contributed by atoms with E-state index in [2.05, 4.69) is 15.0 Å². The summed E-state index contributed by atoms with van der Waals surface area (Å²) in [4.78, 5) is 12.3. The molecular formula is C12H17N5O5.